The molecular formula is C14H21N5O2. The van der Waals surface area contributed by atoms with Crippen LogP contribution in [0.3, 0.4) is 0 Å². The highest BCUT2D eigenvalue weighted by Gasteiger charge is 2.23. The molecule has 1 atom stereocenters. The second-order valence-electron chi connectivity index (χ2n) is 5.43. The number of piperidine rings is 1. The van der Waals surface area contributed by atoms with Crippen molar-refractivity contribution >= 4 is 0 Å². The van der Waals surface area contributed by atoms with Gasteiger partial charge < -0.3 is 9.26 Å². The molecule has 0 bridgehead atoms. The van der Waals surface area contributed by atoms with E-state index in [0.29, 0.717) is 37.2 Å². The van der Waals surface area contributed by atoms with Gasteiger partial charge in [0.2, 0.25) is 5.89 Å². The summed E-state index contributed by atoms with van der Waals surface area (Å²) in [5.74, 6) is 1.91. The fourth-order valence-corrected chi connectivity index (χ4v) is 2.79. The second-order valence-corrected chi connectivity index (χ2v) is 5.43. The number of methoxy groups -OCH3 is 1. The van der Waals surface area contributed by atoms with E-state index in [0.717, 1.165) is 13.1 Å². The fraction of sp³-hybridized carbons (Fsp3) is 0.643. The van der Waals surface area contributed by atoms with Crippen molar-refractivity contribution in [3.05, 3.63) is 29.7 Å². The summed E-state index contributed by atoms with van der Waals surface area (Å²) in [5, 5.41) is 11.1. The van der Waals surface area contributed by atoms with Gasteiger partial charge in [0.25, 0.3) is 0 Å². The zero-order chi connectivity index (χ0) is 14.5. The van der Waals surface area contributed by atoms with Crippen LogP contribution >= 0.6 is 0 Å². The van der Waals surface area contributed by atoms with Crippen LogP contribution in [0.5, 0.6) is 0 Å². The van der Waals surface area contributed by atoms with Crippen molar-refractivity contribution < 1.29 is 9.26 Å². The molecule has 0 amide bonds. The molecule has 7 nitrogen and oxygen atoms in total. The van der Waals surface area contributed by atoms with Crippen molar-refractivity contribution in [1.82, 2.24) is 25.2 Å². The lowest BCUT2D eigenvalue weighted by Gasteiger charge is -2.30. The predicted octanol–water partition coefficient (Wildman–Crippen LogP) is 1.36. The molecule has 114 valence electrons. The van der Waals surface area contributed by atoms with Crippen LogP contribution in [-0.2, 0) is 17.7 Å². The number of likely N-dealkylation sites (tertiary alicyclic amines) is 1. The maximum absolute atomic E-state index is 5.31. The minimum Gasteiger partial charge on any atom is -0.384 e. The van der Waals surface area contributed by atoms with Crippen LogP contribution in [0.1, 0.15) is 36.2 Å². The number of ether oxygens (including phenoxy) is 1. The Morgan fingerprint density at radius 3 is 3.29 bits per heavy atom. The number of hydrogen-bond acceptors (Lipinski definition) is 6. The molecule has 0 saturated carbocycles. The lowest BCUT2D eigenvalue weighted by molar-refractivity contribution is 0.175. The van der Waals surface area contributed by atoms with Crippen molar-refractivity contribution in [2.75, 3.05) is 26.8 Å². The van der Waals surface area contributed by atoms with Gasteiger partial charge in [-0.3, -0.25) is 10.00 Å². The van der Waals surface area contributed by atoms with Crippen molar-refractivity contribution in [2.45, 2.75) is 31.7 Å². The number of nitrogens with zero attached hydrogens (tertiary/aromatic N) is 4. The van der Waals surface area contributed by atoms with Crippen LogP contribution in [0.25, 0.3) is 0 Å². The summed E-state index contributed by atoms with van der Waals surface area (Å²) < 4.78 is 10.3. The van der Waals surface area contributed by atoms with E-state index in [1.165, 1.54) is 18.5 Å². The second kappa shape index (κ2) is 6.82. The van der Waals surface area contributed by atoms with Gasteiger partial charge in [-0.15, -0.1) is 0 Å². The van der Waals surface area contributed by atoms with Crippen LogP contribution in [-0.4, -0.2) is 52.0 Å². The molecule has 1 saturated heterocycles. The molecular weight excluding hydrogens is 270 g/mol. The molecule has 3 heterocycles. The highest BCUT2D eigenvalue weighted by atomic mass is 16.5. The van der Waals surface area contributed by atoms with Gasteiger partial charge in [-0.05, 0) is 25.5 Å². The molecule has 21 heavy (non-hydrogen) atoms. The first-order chi connectivity index (χ1) is 10.3. The van der Waals surface area contributed by atoms with Crippen molar-refractivity contribution in [3.8, 4) is 0 Å². The van der Waals surface area contributed by atoms with Gasteiger partial charge in [0.05, 0.1) is 13.2 Å². The Kier molecular flexibility index (Phi) is 4.62. The highest BCUT2D eigenvalue weighted by molar-refractivity contribution is 5.07. The van der Waals surface area contributed by atoms with E-state index >= 15 is 0 Å². The van der Waals surface area contributed by atoms with Gasteiger partial charge in [-0.25, -0.2) is 0 Å². The number of hydrogen-bond donors (Lipinski definition) is 1. The normalized spacial score (nSPS) is 20.0. The Morgan fingerprint density at radius 1 is 1.52 bits per heavy atom. The number of aromatic nitrogens is 4. The van der Waals surface area contributed by atoms with Gasteiger partial charge in [-0.1, -0.05) is 5.16 Å². The average Bonchev–Trinajstić information content (AvgIpc) is 3.17. The summed E-state index contributed by atoms with van der Waals surface area (Å²) in [4.78, 5) is 6.77. The number of rotatable bonds is 6. The van der Waals surface area contributed by atoms with Crippen LogP contribution < -0.4 is 0 Å². The Morgan fingerprint density at radius 2 is 2.48 bits per heavy atom. The predicted molar refractivity (Wildman–Crippen MR) is 75.7 cm³/mol. The first-order valence-corrected chi connectivity index (χ1v) is 7.37. The van der Waals surface area contributed by atoms with Crippen LogP contribution in [0, 0.1) is 0 Å². The van der Waals surface area contributed by atoms with Gasteiger partial charge in [-0.2, -0.15) is 10.1 Å². The zero-order valence-corrected chi connectivity index (χ0v) is 12.3. The summed E-state index contributed by atoms with van der Waals surface area (Å²) >= 11 is 0. The monoisotopic (exact) mass is 291 g/mol. The van der Waals surface area contributed by atoms with Crippen LogP contribution in [0.4, 0.5) is 0 Å². The van der Waals surface area contributed by atoms with E-state index in [1.807, 2.05) is 6.20 Å². The summed E-state index contributed by atoms with van der Waals surface area (Å²) in [6.07, 6.45) is 4.88. The first kappa shape index (κ1) is 14.2. The Balaban J connectivity index is 1.56. The lowest BCUT2D eigenvalue weighted by atomic mass is 9.95. The maximum atomic E-state index is 5.31. The molecule has 1 aliphatic heterocycles. The Hall–Kier alpha value is -1.73. The molecule has 1 aliphatic rings. The fourth-order valence-electron chi connectivity index (χ4n) is 2.79. The zero-order valence-electron chi connectivity index (χ0n) is 12.3. The van der Waals surface area contributed by atoms with E-state index in [2.05, 4.69) is 31.3 Å². The maximum Gasteiger partial charge on any atom is 0.240 e. The minimum absolute atomic E-state index is 0.511. The molecule has 0 radical (unpaired) electrons. The lowest BCUT2D eigenvalue weighted by Crippen LogP contribution is -2.34. The van der Waals surface area contributed by atoms with Crippen molar-refractivity contribution in [2.24, 2.45) is 0 Å². The van der Waals surface area contributed by atoms with Crippen LogP contribution in [0.15, 0.2) is 16.8 Å². The van der Waals surface area contributed by atoms with E-state index in [9.17, 15) is 0 Å². The largest absolute Gasteiger partial charge is 0.384 e. The number of nitrogens with one attached hydrogen (secondary N) is 1. The van der Waals surface area contributed by atoms with Gasteiger partial charge >= 0.3 is 0 Å². The third-order valence-corrected chi connectivity index (χ3v) is 3.87. The molecule has 2 aromatic heterocycles. The quantitative estimate of drug-likeness (QED) is 0.865. The van der Waals surface area contributed by atoms with E-state index in [4.69, 9.17) is 9.26 Å². The van der Waals surface area contributed by atoms with E-state index in [-0.39, 0.29) is 0 Å². The third kappa shape index (κ3) is 3.68. The summed E-state index contributed by atoms with van der Waals surface area (Å²) in [6, 6.07) is 2.06. The van der Waals surface area contributed by atoms with E-state index < -0.39 is 0 Å². The van der Waals surface area contributed by atoms with Gasteiger partial charge in [0.15, 0.2) is 5.82 Å². The minimum atomic E-state index is 0.511. The van der Waals surface area contributed by atoms with Gasteiger partial charge in [0.1, 0.15) is 0 Å². The molecule has 7 heteroatoms. The number of aromatic amines is 1. The topological polar surface area (TPSA) is 80.1 Å². The molecule has 0 aromatic carbocycles. The molecule has 0 spiro atoms. The summed E-state index contributed by atoms with van der Waals surface area (Å²) in [6.45, 7) is 3.40. The average molecular weight is 291 g/mol. The number of H-pyrrole nitrogens is 1. The van der Waals surface area contributed by atoms with Crippen molar-refractivity contribution in [1.29, 1.82) is 0 Å². The molecule has 2 aromatic rings. The summed E-state index contributed by atoms with van der Waals surface area (Å²) in [5.41, 5.74) is 1.21. The van der Waals surface area contributed by atoms with Crippen molar-refractivity contribution in [3.63, 3.8) is 0 Å². The third-order valence-electron chi connectivity index (χ3n) is 3.87. The molecule has 1 N–H and O–H groups in total. The highest BCUT2D eigenvalue weighted by Crippen LogP contribution is 2.25. The van der Waals surface area contributed by atoms with Gasteiger partial charge in [0, 0.05) is 37.9 Å². The van der Waals surface area contributed by atoms with E-state index in [1.54, 1.807) is 7.11 Å². The molecule has 0 aliphatic carbocycles. The molecule has 1 fully saturated rings. The summed E-state index contributed by atoms with van der Waals surface area (Å²) in [7, 11) is 1.67. The SMILES string of the molecule is COCCc1noc(CN2CCC[C@H](c3ccn[nH]3)C2)n1. The standard InChI is InChI=1S/C14H21N5O2/c1-20-8-5-13-16-14(21-18-13)10-19-7-2-3-11(9-19)12-4-6-15-17-12/h4,6,11H,2-3,5,7-10H2,1H3,(H,15,17)/t11-/m0/s1. The Bertz CT molecular complexity index is 539. The van der Waals surface area contributed by atoms with Crippen LogP contribution in [0.2, 0.25) is 0 Å². The molecule has 0 unspecified atom stereocenters. The Labute approximate surface area is 123 Å². The smallest absolute Gasteiger partial charge is 0.240 e. The first-order valence-electron chi connectivity index (χ1n) is 7.37. The molecule has 3 rings (SSSR count).